The van der Waals surface area contributed by atoms with E-state index in [4.69, 9.17) is 4.18 Å². The normalized spacial score (nSPS) is 11.1. The summed E-state index contributed by atoms with van der Waals surface area (Å²) in [5, 5.41) is 0. The van der Waals surface area contributed by atoms with Gasteiger partial charge in [0.05, 0.1) is 6.26 Å². The second-order valence-electron chi connectivity index (χ2n) is 6.45. The van der Waals surface area contributed by atoms with Gasteiger partial charge in [0, 0.05) is 31.0 Å². The van der Waals surface area contributed by atoms with E-state index in [1.807, 2.05) is 0 Å². The largest absolute Gasteiger partial charge is 0.383 e. The molecule has 0 saturated carbocycles. The van der Waals surface area contributed by atoms with Crippen LogP contribution in [0.15, 0.2) is 73.1 Å². The van der Waals surface area contributed by atoms with Gasteiger partial charge in [-0.1, -0.05) is 24.3 Å². The van der Waals surface area contributed by atoms with Gasteiger partial charge in [0.15, 0.2) is 0 Å². The van der Waals surface area contributed by atoms with Gasteiger partial charge < -0.3 is 9.08 Å². The number of amides is 1. The third-order valence-corrected chi connectivity index (χ3v) is 4.54. The van der Waals surface area contributed by atoms with Gasteiger partial charge >= 0.3 is 10.1 Å². The maximum Gasteiger partial charge on any atom is 0.306 e. The highest BCUT2D eigenvalue weighted by molar-refractivity contribution is 7.86. The Morgan fingerprint density at radius 1 is 0.931 bits per heavy atom. The van der Waals surface area contributed by atoms with Crippen molar-refractivity contribution >= 4 is 16.0 Å². The van der Waals surface area contributed by atoms with Crippen LogP contribution in [0.2, 0.25) is 0 Å². The van der Waals surface area contributed by atoms with Gasteiger partial charge in [0.1, 0.15) is 11.6 Å². The number of hydrogen-bond acceptors (Lipinski definition) is 5. The third-order valence-electron chi connectivity index (χ3n) is 4.05. The molecule has 0 saturated heterocycles. The zero-order chi connectivity index (χ0) is 20.9. The molecule has 1 aromatic heterocycles. The van der Waals surface area contributed by atoms with Crippen LogP contribution in [0.1, 0.15) is 21.5 Å². The fourth-order valence-electron chi connectivity index (χ4n) is 2.73. The van der Waals surface area contributed by atoms with Crippen LogP contribution in [-0.4, -0.2) is 30.5 Å². The molecule has 0 spiro atoms. The summed E-state index contributed by atoms with van der Waals surface area (Å²) in [6.45, 7) is 0.556. The predicted octanol–water partition coefficient (Wildman–Crippen LogP) is 3.40. The van der Waals surface area contributed by atoms with Crippen molar-refractivity contribution in [3.63, 3.8) is 0 Å². The number of aromatic nitrogens is 1. The number of rotatable bonds is 7. The molecule has 0 N–H and O–H groups in total. The molecule has 150 valence electrons. The summed E-state index contributed by atoms with van der Waals surface area (Å²) in [6, 6.07) is 15.7. The Hall–Kier alpha value is -3.26. The molecule has 6 nitrogen and oxygen atoms in total. The molecular weight excluding hydrogens is 395 g/mol. The molecule has 0 radical (unpaired) electrons. The fourth-order valence-corrected chi connectivity index (χ4v) is 3.19. The summed E-state index contributed by atoms with van der Waals surface area (Å²) in [4.78, 5) is 18.5. The van der Waals surface area contributed by atoms with Gasteiger partial charge in [0.2, 0.25) is 0 Å². The average molecular weight is 414 g/mol. The van der Waals surface area contributed by atoms with Crippen molar-refractivity contribution in [1.82, 2.24) is 9.88 Å². The smallest absolute Gasteiger partial charge is 0.306 e. The molecule has 0 bridgehead atoms. The highest BCUT2D eigenvalue weighted by Crippen LogP contribution is 2.18. The van der Waals surface area contributed by atoms with E-state index in [1.165, 1.54) is 24.3 Å². The van der Waals surface area contributed by atoms with Gasteiger partial charge in [-0.25, -0.2) is 4.39 Å². The average Bonchev–Trinajstić information content (AvgIpc) is 2.69. The zero-order valence-electron chi connectivity index (χ0n) is 15.7. The van der Waals surface area contributed by atoms with Crippen molar-refractivity contribution in [2.75, 3.05) is 6.26 Å². The van der Waals surface area contributed by atoms with Crippen LogP contribution >= 0.6 is 0 Å². The Balaban J connectivity index is 1.82. The Morgan fingerprint density at radius 2 is 1.45 bits per heavy atom. The van der Waals surface area contributed by atoms with Crippen LogP contribution in [0.5, 0.6) is 5.75 Å². The van der Waals surface area contributed by atoms with Crippen LogP contribution in [0.25, 0.3) is 0 Å². The van der Waals surface area contributed by atoms with Crippen molar-refractivity contribution in [2.24, 2.45) is 0 Å². The summed E-state index contributed by atoms with van der Waals surface area (Å²) in [7, 11) is -3.61. The van der Waals surface area contributed by atoms with Crippen molar-refractivity contribution in [1.29, 1.82) is 0 Å². The molecule has 0 atom stereocenters. The van der Waals surface area contributed by atoms with E-state index in [0.29, 0.717) is 5.56 Å². The van der Waals surface area contributed by atoms with Crippen LogP contribution in [-0.2, 0) is 23.2 Å². The standard InChI is InChI=1S/C21H19FN2O4S/c1-29(26,27)28-20-8-4-17(5-9-20)15-24(14-16-2-6-19(22)7-3-16)21(25)18-10-12-23-13-11-18/h2-13H,14-15H2,1H3. The molecule has 3 rings (SSSR count). The molecule has 8 heteroatoms. The van der Waals surface area contributed by atoms with Crippen LogP contribution < -0.4 is 4.18 Å². The molecule has 2 aromatic carbocycles. The molecule has 0 aliphatic carbocycles. The molecule has 29 heavy (non-hydrogen) atoms. The first kappa shape index (κ1) is 20.5. The minimum atomic E-state index is -3.61. The second kappa shape index (κ2) is 8.83. The van der Waals surface area contributed by atoms with Crippen LogP contribution in [0, 0.1) is 5.82 Å². The van der Waals surface area contributed by atoms with Gasteiger partial charge in [-0.05, 0) is 47.5 Å². The zero-order valence-corrected chi connectivity index (χ0v) is 16.5. The molecule has 0 aliphatic heterocycles. The molecule has 0 unspecified atom stereocenters. The first-order valence-electron chi connectivity index (χ1n) is 8.72. The lowest BCUT2D eigenvalue weighted by Crippen LogP contribution is -2.30. The lowest BCUT2D eigenvalue weighted by atomic mass is 10.1. The number of benzene rings is 2. The van der Waals surface area contributed by atoms with E-state index in [1.54, 1.807) is 53.7 Å². The molecule has 0 aliphatic rings. The van der Waals surface area contributed by atoms with Gasteiger partial charge in [-0.15, -0.1) is 0 Å². The Bertz CT molecular complexity index is 1070. The number of nitrogens with zero attached hydrogens (tertiary/aromatic N) is 2. The molecule has 3 aromatic rings. The van der Waals surface area contributed by atoms with Gasteiger partial charge in [0.25, 0.3) is 5.91 Å². The molecule has 1 amide bonds. The van der Waals surface area contributed by atoms with Gasteiger partial charge in [-0.2, -0.15) is 8.42 Å². The summed E-state index contributed by atoms with van der Waals surface area (Å²) in [5.74, 6) is -0.350. The first-order valence-corrected chi connectivity index (χ1v) is 10.5. The Kier molecular flexibility index (Phi) is 6.23. The first-order chi connectivity index (χ1) is 13.8. The second-order valence-corrected chi connectivity index (χ2v) is 8.03. The van der Waals surface area contributed by atoms with Crippen molar-refractivity contribution < 1.29 is 21.8 Å². The number of carbonyl (C=O) groups excluding carboxylic acids is 1. The van der Waals surface area contributed by atoms with E-state index >= 15 is 0 Å². The van der Waals surface area contributed by atoms with Crippen LogP contribution in [0.4, 0.5) is 4.39 Å². The van der Waals surface area contributed by atoms with Gasteiger partial charge in [-0.3, -0.25) is 9.78 Å². The number of halogens is 1. The molecular formula is C21H19FN2O4S. The molecule has 0 fully saturated rings. The molecule has 1 heterocycles. The monoisotopic (exact) mass is 414 g/mol. The van der Waals surface area contributed by atoms with Crippen molar-refractivity contribution in [3.8, 4) is 5.75 Å². The topological polar surface area (TPSA) is 76.6 Å². The van der Waals surface area contributed by atoms with E-state index in [0.717, 1.165) is 17.4 Å². The predicted molar refractivity (Wildman–Crippen MR) is 106 cm³/mol. The van der Waals surface area contributed by atoms with E-state index < -0.39 is 10.1 Å². The maximum absolute atomic E-state index is 13.2. The SMILES string of the molecule is CS(=O)(=O)Oc1ccc(CN(Cc2ccc(F)cc2)C(=O)c2ccncc2)cc1. The van der Waals surface area contributed by atoms with E-state index in [9.17, 15) is 17.6 Å². The summed E-state index contributed by atoms with van der Waals surface area (Å²) in [5.41, 5.74) is 2.06. The van der Waals surface area contributed by atoms with Crippen molar-refractivity contribution in [2.45, 2.75) is 13.1 Å². The number of hydrogen-bond donors (Lipinski definition) is 0. The summed E-state index contributed by atoms with van der Waals surface area (Å²) in [6.07, 6.45) is 4.06. The Labute approximate surface area is 168 Å². The number of carbonyl (C=O) groups is 1. The quantitative estimate of drug-likeness (QED) is 0.554. The number of pyridine rings is 1. The highest BCUT2D eigenvalue weighted by Gasteiger charge is 2.17. The summed E-state index contributed by atoms with van der Waals surface area (Å²) < 4.78 is 40.5. The van der Waals surface area contributed by atoms with E-state index in [-0.39, 0.29) is 30.6 Å². The van der Waals surface area contributed by atoms with Crippen molar-refractivity contribution in [3.05, 3.63) is 95.6 Å². The highest BCUT2D eigenvalue weighted by atomic mass is 32.2. The Morgan fingerprint density at radius 3 is 1.97 bits per heavy atom. The lowest BCUT2D eigenvalue weighted by Gasteiger charge is -2.23. The lowest BCUT2D eigenvalue weighted by molar-refractivity contribution is 0.0730. The van der Waals surface area contributed by atoms with Crippen LogP contribution in [0.3, 0.4) is 0 Å². The minimum absolute atomic E-state index is 0.196. The fraction of sp³-hybridized carbons (Fsp3) is 0.143. The van der Waals surface area contributed by atoms with E-state index in [2.05, 4.69) is 4.98 Å². The maximum atomic E-state index is 13.2. The minimum Gasteiger partial charge on any atom is -0.383 e. The summed E-state index contributed by atoms with van der Waals surface area (Å²) >= 11 is 0. The third kappa shape index (κ3) is 6.11.